The van der Waals surface area contributed by atoms with E-state index >= 15 is 0 Å². The van der Waals surface area contributed by atoms with Gasteiger partial charge in [0.25, 0.3) is 0 Å². The van der Waals surface area contributed by atoms with Crippen LogP contribution < -0.4 is 9.47 Å². The minimum absolute atomic E-state index is 0.0747. The average Bonchev–Trinajstić information content (AvgIpc) is 2.66. The number of hydrogen-bond donors (Lipinski definition) is 2. The smallest absolute Gasteiger partial charge is 0.336 e. The molecule has 0 radical (unpaired) electrons. The summed E-state index contributed by atoms with van der Waals surface area (Å²) >= 11 is 0. The maximum atomic E-state index is 11.1. The molecule has 0 aromatic heterocycles. The SMILES string of the molecule is CC(=O)Oc1cccc(OC(C)=O)c1.CCc1ccc(C(=O)O)c(C(=O)O)c1CC. The van der Waals surface area contributed by atoms with E-state index in [0.29, 0.717) is 29.9 Å². The lowest BCUT2D eigenvalue weighted by molar-refractivity contribution is -0.132. The number of aryl methyl sites for hydroxylation is 1. The largest absolute Gasteiger partial charge is 0.478 e. The van der Waals surface area contributed by atoms with Gasteiger partial charge < -0.3 is 19.7 Å². The minimum Gasteiger partial charge on any atom is -0.478 e. The predicted molar refractivity (Wildman–Crippen MR) is 108 cm³/mol. The van der Waals surface area contributed by atoms with Crippen molar-refractivity contribution in [2.24, 2.45) is 0 Å². The van der Waals surface area contributed by atoms with Crippen LogP contribution in [0, 0.1) is 0 Å². The van der Waals surface area contributed by atoms with Crippen LogP contribution in [0.4, 0.5) is 0 Å². The molecule has 8 heteroatoms. The molecule has 0 heterocycles. The van der Waals surface area contributed by atoms with Crippen molar-refractivity contribution in [3.05, 3.63) is 58.7 Å². The van der Waals surface area contributed by atoms with Crippen LogP contribution in [-0.2, 0) is 22.4 Å². The van der Waals surface area contributed by atoms with Gasteiger partial charge in [0.05, 0.1) is 11.1 Å². The number of aromatic carboxylic acids is 2. The topological polar surface area (TPSA) is 127 Å². The van der Waals surface area contributed by atoms with Crippen molar-refractivity contribution in [3.8, 4) is 11.5 Å². The van der Waals surface area contributed by atoms with Crippen LogP contribution in [0.15, 0.2) is 36.4 Å². The molecule has 160 valence electrons. The third-order valence-corrected chi connectivity index (χ3v) is 3.92. The third kappa shape index (κ3) is 7.05. The van der Waals surface area contributed by atoms with Crippen LogP contribution >= 0.6 is 0 Å². The fourth-order valence-corrected chi connectivity index (χ4v) is 2.78. The first-order chi connectivity index (χ1) is 14.1. The van der Waals surface area contributed by atoms with Gasteiger partial charge in [-0.3, -0.25) is 9.59 Å². The highest BCUT2D eigenvalue weighted by molar-refractivity contribution is 6.03. The number of carboxylic acids is 2. The van der Waals surface area contributed by atoms with Crippen LogP contribution in [-0.4, -0.2) is 34.1 Å². The van der Waals surface area contributed by atoms with E-state index in [-0.39, 0.29) is 11.1 Å². The van der Waals surface area contributed by atoms with Gasteiger partial charge in [0.1, 0.15) is 11.5 Å². The standard InChI is InChI=1S/C12H14O4.C10H10O4/c1-3-7-5-6-9(11(13)14)10(12(15)16)8(7)4-2;1-7(11)13-9-4-3-5-10(6-9)14-8(2)12/h5-6H,3-4H2,1-2H3,(H,13,14)(H,15,16);3-6H,1-2H3. The highest BCUT2D eigenvalue weighted by Crippen LogP contribution is 2.21. The summed E-state index contributed by atoms with van der Waals surface area (Å²) in [5, 5.41) is 18.0. The molecule has 0 aliphatic carbocycles. The molecule has 2 rings (SSSR count). The fraction of sp³-hybridized carbons (Fsp3) is 0.273. The summed E-state index contributed by atoms with van der Waals surface area (Å²) in [7, 11) is 0. The van der Waals surface area contributed by atoms with Gasteiger partial charge in [-0.15, -0.1) is 0 Å². The van der Waals surface area contributed by atoms with Crippen molar-refractivity contribution in [3.63, 3.8) is 0 Å². The Kier molecular flexibility index (Phi) is 9.22. The molecule has 0 amide bonds. The van der Waals surface area contributed by atoms with Gasteiger partial charge in [-0.05, 0) is 42.2 Å². The molecule has 0 aliphatic rings. The molecule has 0 saturated carbocycles. The summed E-state index contributed by atoms with van der Waals surface area (Å²) in [5.74, 6) is -2.48. The zero-order chi connectivity index (χ0) is 22.8. The lowest BCUT2D eigenvalue weighted by Gasteiger charge is -2.12. The van der Waals surface area contributed by atoms with E-state index in [1.54, 1.807) is 24.3 Å². The second kappa shape index (κ2) is 11.4. The van der Waals surface area contributed by atoms with Crippen molar-refractivity contribution in [1.29, 1.82) is 0 Å². The third-order valence-electron chi connectivity index (χ3n) is 3.92. The number of benzene rings is 2. The molecule has 2 aromatic rings. The van der Waals surface area contributed by atoms with Crippen molar-refractivity contribution < 1.29 is 38.9 Å². The summed E-state index contributed by atoms with van der Waals surface area (Å²) in [6, 6.07) is 9.38. The zero-order valence-electron chi connectivity index (χ0n) is 17.2. The average molecular weight is 416 g/mol. The monoisotopic (exact) mass is 416 g/mol. The first-order valence-electron chi connectivity index (χ1n) is 9.18. The lowest BCUT2D eigenvalue weighted by atomic mass is 9.93. The van der Waals surface area contributed by atoms with Gasteiger partial charge in [0.2, 0.25) is 0 Å². The minimum atomic E-state index is -1.20. The summed E-state index contributed by atoms with van der Waals surface area (Å²) < 4.78 is 9.61. The number of carbonyl (C=O) groups is 4. The van der Waals surface area contributed by atoms with Crippen LogP contribution in [0.2, 0.25) is 0 Å². The molecule has 2 aromatic carbocycles. The van der Waals surface area contributed by atoms with Crippen LogP contribution in [0.1, 0.15) is 59.5 Å². The number of esters is 2. The predicted octanol–water partition coefficient (Wildman–Crippen LogP) is 3.75. The van der Waals surface area contributed by atoms with Crippen molar-refractivity contribution in [1.82, 2.24) is 0 Å². The van der Waals surface area contributed by atoms with Crippen LogP contribution in [0.5, 0.6) is 11.5 Å². The van der Waals surface area contributed by atoms with Gasteiger partial charge in [-0.1, -0.05) is 26.0 Å². The number of hydrogen-bond acceptors (Lipinski definition) is 6. The maximum Gasteiger partial charge on any atom is 0.336 e. The summed E-state index contributed by atoms with van der Waals surface area (Å²) in [4.78, 5) is 43.3. The molecule has 0 fully saturated rings. The number of carbonyl (C=O) groups excluding carboxylic acids is 2. The first kappa shape index (κ1) is 24.4. The van der Waals surface area contributed by atoms with E-state index in [4.69, 9.17) is 19.7 Å². The summed E-state index contributed by atoms with van der Waals surface area (Å²) in [6.45, 7) is 6.35. The first-order valence-corrected chi connectivity index (χ1v) is 9.18. The van der Waals surface area contributed by atoms with Gasteiger partial charge in [0, 0.05) is 19.9 Å². The fourth-order valence-electron chi connectivity index (χ4n) is 2.78. The summed E-state index contributed by atoms with van der Waals surface area (Å²) in [5.41, 5.74) is 1.30. The van der Waals surface area contributed by atoms with Gasteiger partial charge in [-0.25, -0.2) is 9.59 Å². The molecular formula is C22H24O8. The number of carboxylic acid groups (broad SMARTS) is 2. The Balaban J connectivity index is 0.000000303. The Morgan fingerprint density at radius 3 is 1.70 bits per heavy atom. The van der Waals surface area contributed by atoms with E-state index in [9.17, 15) is 19.2 Å². The van der Waals surface area contributed by atoms with E-state index in [1.807, 2.05) is 13.8 Å². The van der Waals surface area contributed by atoms with Gasteiger partial charge in [0.15, 0.2) is 0 Å². The van der Waals surface area contributed by atoms with E-state index in [0.717, 1.165) is 5.56 Å². The Labute approximate surface area is 174 Å². The van der Waals surface area contributed by atoms with E-state index < -0.39 is 23.9 Å². The van der Waals surface area contributed by atoms with Crippen molar-refractivity contribution in [2.45, 2.75) is 40.5 Å². The molecule has 0 spiro atoms. The maximum absolute atomic E-state index is 11.1. The highest BCUT2D eigenvalue weighted by Gasteiger charge is 2.21. The molecule has 30 heavy (non-hydrogen) atoms. The second-order valence-electron chi connectivity index (χ2n) is 6.11. The Hall–Kier alpha value is -3.68. The number of rotatable bonds is 6. The Morgan fingerprint density at radius 2 is 1.33 bits per heavy atom. The molecule has 0 aliphatic heterocycles. The van der Waals surface area contributed by atoms with Gasteiger partial charge in [-0.2, -0.15) is 0 Å². The molecule has 0 bridgehead atoms. The van der Waals surface area contributed by atoms with Crippen molar-refractivity contribution >= 4 is 23.9 Å². The summed E-state index contributed by atoms with van der Waals surface area (Å²) in [6.07, 6.45) is 1.22. The van der Waals surface area contributed by atoms with Crippen LogP contribution in [0.3, 0.4) is 0 Å². The quantitative estimate of drug-likeness (QED) is 0.538. The van der Waals surface area contributed by atoms with Crippen molar-refractivity contribution in [2.75, 3.05) is 0 Å². The molecule has 2 N–H and O–H groups in total. The van der Waals surface area contributed by atoms with E-state index in [2.05, 4.69) is 0 Å². The molecule has 8 nitrogen and oxygen atoms in total. The van der Waals surface area contributed by atoms with Gasteiger partial charge >= 0.3 is 23.9 Å². The Bertz CT molecular complexity index is 915. The molecule has 0 atom stereocenters. The Morgan fingerprint density at radius 1 is 0.800 bits per heavy atom. The molecule has 0 unspecified atom stereocenters. The molecular weight excluding hydrogens is 392 g/mol. The van der Waals surface area contributed by atoms with E-state index in [1.165, 1.54) is 26.0 Å². The normalized spacial score (nSPS) is 9.73. The van der Waals surface area contributed by atoms with Crippen LogP contribution in [0.25, 0.3) is 0 Å². The number of ether oxygens (including phenoxy) is 2. The zero-order valence-corrected chi connectivity index (χ0v) is 17.2. The lowest BCUT2D eigenvalue weighted by Crippen LogP contribution is -2.13. The second-order valence-corrected chi connectivity index (χ2v) is 6.11. The highest BCUT2D eigenvalue weighted by atomic mass is 16.5. The molecule has 0 saturated heterocycles.